The maximum absolute atomic E-state index is 11.9. The molecule has 0 atom stereocenters. The highest BCUT2D eigenvalue weighted by molar-refractivity contribution is 5.77. The number of rotatable bonds is 5. The minimum Gasteiger partial charge on any atom is -0.482 e. The van der Waals surface area contributed by atoms with Gasteiger partial charge >= 0.3 is 0 Å². The van der Waals surface area contributed by atoms with Crippen LogP contribution < -0.4 is 10.1 Å². The van der Waals surface area contributed by atoms with Crippen molar-refractivity contribution < 1.29 is 14.6 Å². The molecule has 1 amide bonds. The molecule has 1 aliphatic carbocycles. The summed E-state index contributed by atoms with van der Waals surface area (Å²) in [4.78, 5) is 11.9. The molecule has 0 aromatic heterocycles. The minimum atomic E-state index is -0.171. The van der Waals surface area contributed by atoms with Crippen molar-refractivity contribution in [3.05, 3.63) is 29.8 Å². The standard InChI is InChI=1S/C16H20N2O3/c17-9-13-3-1-2-4-15(13)21-11-16(20)18-14-7-5-12(10-19)6-8-14/h1-4,12,14,19H,5-8,10-11H2,(H,18,20). The first-order valence-corrected chi connectivity index (χ1v) is 7.25. The second kappa shape index (κ2) is 7.65. The number of nitrogens with one attached hydrogen (secondary N) is 1. The van der Waals surface area contributed by atoms with Crippen molar-refractivity contribution in [2.75, 3.05) is 13.2 Å². The van der Waals surface area contributed by atoms with E-state index in [4.69, 9.17) is 15.1 Å². The average molecular weight is 288 g/mol. The first-order chi connectivity index (χ1) is 10.2. The first kappa shape index (κ1) is 15.3. The van der Waals surface area contributed by atoms with Crippen LogP contribution in [0.5, 0.6) is 5.75 Å². The van der Waals surface area contributed by atoms with Crippen LogP contribution in [0.3, 0.4) is 0 Å². The Morgan fingerprint density at radius 3 is 2.71 bits per heavy atom. The zero-order valence-electron chi connectivity index (χ0n) is 11.9. The molecule has 0 radical (unpaired) electrons. The predicted octanol–water partition coefficient (Wildman–Crippen LogP) is 1.60. The average Bonchev–Trinajstić information content (AvgIpc) is 2.54. The number of hydrogen-bond donors (Lipinski definition) is 2. The van der Waals surface area contributed by atoms with E-state index in [1.165, 1.54) is 0 Å². The van der Waals surface area contributed by atoms with E-state index in [9.17, 15) is 4.79 Å². The molecule has 1 saturated carbocycles. The van der Waals surface area contributed by atoms with Gasteiger partial charge in [0.15, 0.2) is 6.61 Å². The molecule has 1 aromatic carbocycles. The Kier molecular flexibility index (Phi) is 5.59. The highest BCUT2D eigenvalue weighted by Crippen LogP contribution is 2.23. The zero-order valence-corrected chi connectivity index (χ0v) is 11.9. The van der Waals surface area contributed by atoms with Gasteiger partial charge in [0.1, 0.15) is 11.8 Å². The highest BCUT2D eigenvalue weighted by Gasteiger charge is 2.21. The van der Waals surface area contributed by atoms with Crippen molar-refractivity contribution in [1.82, 2.24) is 5.32 Å². The molecule has 0 heterocycles. The second-order valence-electron chi connectivity index (χ2n) is 5.36. The lowest BCUT2D eigenvalue weighted by atomic mass is 9.86. The molecule has 2 N–H and O–H groups in total. The fourth-order valence-electron chi connectivity index (χ4n) is 2.59. The summed E-state index contributed by atoms with van der Waals surface area (Å²) >= 11 is 0. The summed E-state index contributed by atoms with van der Waals surface area (Å²) in [5.74, 6) is 0.631. The summed E-state index contributed by atoms with van der Waals surface area (Å²) in [5.41, 5.74) is 0.425. The lowest BCUT2D eigenvalue weighted by Gasteiger charge is -2.27. The number of benzene rings is 1. The summed E-state index contributed by atoms with van der Waals surface area (Å²) in [5, 5.41) is 21.0. The summed E-state index contributed by atoms with van der Waals surface area (Å²) in [7, 11) is 0. The Balaban J connectivity index is 1.77. The smallest absolute Gasteiger partial charge is 0.258 e. The molecular formula is C16H20N2O3. The molecule has 112 valence electrons. The number of nitrogens with zero attached hydrogens (tertiary/aromatic N) is 1. The molecule has 0 bridgehead atoms. The quantitative estimate of drug-likeness (QED) is 0.862. The Morgan fingerprint density at radius 1 is 1.33 bits per heavy atom. The van der Waals surface area contributed by atoms with Crippen LogP contribution in [0.4, 0.5) is 0 Å². The van der Waals surface area contributed by atoms with E-state index in [1.54, 1.807) is 24.3 Å². The van der Waals surface area contributed by atoms with Gasteiger partial charge in [-0.1, -0.05) is 12.1 Å². The number of aliphatic hydroxyl groups excluding tert-OH is 1. The molecule has 0 aliphatic heterocycles. The first-order valence-electron chi connectivity index (χ1n) is 7.25. The van der Waals surface area contributed by atoms with Gasteiger partial charge in [0, 0.05) is 12.6 Å². The largest absolute Gasteiger partial charge is 0.482 e. The van der Waals surface area contributed by atoms with Crippen molar-refractivity contribution in [2.45, 2.75) is 31.7 Å². The normalized spacial score (nSPS) is 21.3. The number of para-hydroxylation sites is 1. The van der Waals surface area contributed by atoms with Gasteiger partial charge in [-0.2, -0.15) is 5.26 Å². The van der Waals surface area contributed by atoms with E-state index in [1.807, 2.05) is 6.07 Å². The van der Waals surface area contributed by atoms with Crippen molar-refractivity contribution in [2.24, 2.45) is 5.92 Å². The van der Waals surface area contributed by atoms with Gasteiger partial charge in [-0.05, 0) is 43.7 Å². The lowest BCUT2D eigenvalue weighted by Crippen LogP contribution is -2.40. The van der Waals surface area contributed by atoms with E-state index in [-0.39, 0.29) is 25.2 Å². The van der Waals surface area contributed by atoms with Crippen LogP contribution in [0, 0.1) is 17.2 Å². The Bertz CT molecular complexity index is 516. The third-order valence-electron chi connectivity index (χ3n) is 3.84. The summed E-state index contributed by atoms with van der Waals surface area (Å²) < 4.78 is 5.40. The van der Waals surface area contributed by atoms with E-state index in [2.05, 4.69) is 5.32 Å². The van der Waals surface area contributed by atoms with Gasteiger partial charge in [0.2, 0.25) is 0 Å². The van der Waals surface area contributed by atoms with Gasteiger partial charge in [-0.25, -0.2) is 0 Å². The van der Waals surface area contributed by atoms with Gasteiger partial charge in [0.25, 0.3) is 5.91 Å². The topological polar surface area (TPSA) is 82.3 Å². The summed E-state index contributed by atoms with van der Waals surface area (Å²) in [6.07, 6.45) is 3.68. The van der Waals surface area contributed by atoms with Crippen LogP contribution in [0.15, 0.2) is 24.3 Å². The summed E-state index contributed by atoms with van der Waals surface area (Å²) in [6, 6.07) is 9.05. The molecule has 1 aliphatic rings. The maximum Gasteiger partial charge on any atom is 0.258 e. The molecule has 5 heteroatoms. The van der Waals surface area contributed by atoms with Crippen LogP contribution in [0.25, 0.3) is 0 Å². The van der Waals surface area contributed by atoms with Gasteiger partial charge in [0.05, 0.1) is 5.56 Å². The number of hydrogen-bond acceptors (Lipinski definition) is 4. The SMILES string of the molecule is N#Cc1ccccc1OCC(=O)NC1CCC(CO)CC1. The van der Waals surface area contributed by atoms with Crippen LogP contribution in [-0.4, -0.2) is 30.3 Å². The predicted molar refractivity (Wildman–Crippen MR) is 77.6 cm³/mol. The van der Waals surface area contributed by atoms with Crippen LogP contribution in [0.1, 0.15) is 31.2 Å². The molecule has 0 unspecified atom stereocenters. The molecule has 0 spiro atoms. The van der Waals surface area contributed by atoms with E-state index < -0.39 is 0 Å². The zero-order chi connectivity index (χ0) is 15.1. The van der Waals surface area contributed by atoms with Crippen molar-refractivity contribution in [1.29, 1.82) is 5.26 Å². The minimum absolute atomic E-state index is 0.0847. The highest BCUT2D eigenvalue weighted by atomic mass is 16.5. The number of ether oxygens (including phenoxy) is 1. The molecule has 0 saturated heterocycles. The lowest BCUT2D eigenvalue weighted by molar-refractivity contribution is -0.124. The number of amides is 1. The third kappa shape index (κ3) is 4.47. The Morgan fingerprint density at radius 2 is 2.05 bits per heavy atom. The number of carbonyl (C=O) groups is 1. The van der Waals surface area contributed by atoms with Crippen LogP contribution in [-0.2, 0) is 4.79 Å². The molecule has 1 fully saturated rings. The van der Waals surface area contributed by atoms with Crippen molar-refractivity contribution in [3.63, 3.8) is 0 Å². The Hall–Kier alpha value is -2.06. The van der Waals surface area contributed by atoms with Crippen LogP contribution >= 0.6 is 0 Å². The number of aliphatic hydroxyl groups is 1. The van der Waals surface area contributed by atoms with Gasteiger partial charge < -0.3 is 15.2 Å². The number of nitriles is 1. The molecule has 21 heavy (non-hydrogen) atoms. The van der Waals surface area contributed by atoms with Crippen molar-refractivity contribution in [3.8, 4) is 11.8 Å². The van der Waals surface area contributed by atoms with Gasteiger partial charge in [-0.15, -0.1) is 0 Å². The molecule has 1 aromatic rings. The fourth-order valence-corrected chi connectivity index (χ4v) is 2.59. The fraction of sp³-hybridized carbons (Fsp3) is 0.500. The van der Waals surface area contributed by atoms with Crippen molar-refractivity contribution >= 4 is 5.91 Å². The van der Waals surface area contributed by atoms with Gasteiger partial charge in [-0.3, -0.25) is 4.79 Å². The number of carbonyl (C=O) groups excluding carboxylic acids is 1. The second-order valence-corrected chi connectivity index (χ2v) is 5.36. The third-order valence-corrected chi connectivity index (χ3v) is 3.84. The molecule has 2 rings (SSSR count). The maximum atomic E-state index is 11.9. The molecule has 5 nitrogen and oxygen atoms in total. The summed E-state index contributed by atoms with van der Waals surface area (Å²) in [6.45, 7) is 0.146. The van der Waals surface area contributed by atoms with E-state index >= 15 is 0 Å². The molecular weight excluding hydrogens is 268 g/mol. The van der Waals surface area contributed by atoms with E-state index in [0.717, 1.165) is 25.7 Å². The van der Waals surface area contributed by atoms with E-state index in [0.29, 0.717) is 17.2 Å². The monoisotopic (exact) mass is 288 g/mol. The van der Waals surface area contributed by atoms with Crippen LogP contribution in [0.2, 0.25) is 0 Å². The Labute approximate surface area is 124 Å².